The van der Waals surface area contributed by atoms with E-state index in [4.69, 9.17) is 0 Å². The Hall–Kier alpha value is -2.51. The van der Waals surface area contributed by atoms with E-state index in [0.29, 0.717) is 17.2 Å². The monoisotopic (exact) mass is 310 g/mol. The summed E-state index contributed by atoms with van der Waals surface area (Å²) < 4.78 is 38.5. The number of alkyl halides is 3. The second-order valence-corrected chi connectivity index (χ2v) is 4.65. The number of hydrogen-bond donors (Lipinski definition) is 1. The summed E-state index contributed by atoms with van der Waals surface area (Å²) >= 11 is 0. The van der Waals surface area contributed by atoms with E-state index < -0.39 is 23.2 Å². The molecular formula is C14H13F3N4O. The summed E-state index contributed by atoms with van der Waals surface area (Å²) in [5.41, 5.74) is -0.294. The molecule has 0 radical (unpaired) electrons. The van der Waals surface area contributed by atoms with Gasteiger partial charge in [-0.2, -0.15) is 13.2 Å². The van der Waals surface area contributed by atoms with Gasteiger partial charge in [0.25, 0.3) is 5.91 Å². The molecule has 0 saturated carbocycles. The quantitative estimate of drug-likeness (QED) is 0.945. The molecule has 1 N–H and O–H groups in total. The normalized spacial score (nSPS) is 11.3. The Bertz CT molecular complexity index is 680. The van der Waals surface area contributed by atoms with Crippen molar-refractivity contribution in [3.8, 4) is 0 Å². The number of halogens is 3. The lowest BCUT2D eigenvalue weighted by Crippen LogP contribution is -2.26. The molecule has 0 fully saturated rings. The van der Waals surface area contributed by atoms with Crippen molar-refractivity contribution < 1.29 is 18.0 Å². The highest BCUT2D eigenvalue weighted by atomic mass is 19.4. The highest BCUT2D eigenvalue weighted by Gasteiger charge is 2.35. The minimum absolute atomic E-state index is 0.00915. The Morgan fingerprint density at radius 1 is 1.27 bits per heavy atom. The zero-order valence-corrected chi connectivity index (χ0v) is 11.9. The molecule has 5 nitrogen and oxygen atoms in total. The third-order valence-electron chi connectivity index (χ3n) is 2.82. The largest absolute Gasteiger partial charge is 0.417 e. The SMILES string of the molecule is Cc1cc(CNC(=O)c2cnccc2C(F)(F)F)nc(C)n1. The van der Waals surface area contributed by atoms with Crippen LogP contribution < -0.4 is 5.32 Å². The van der Waals surface area contributed by atoms with Gasteiger partial charge in [0.15, 0.2) is 0 Å². The third-order valence-corrected chi connectivity index (χ3v) is 2.82. The van der Waals surface area contributed by atoms with Gasteiger partial charge in [-0.15, -0.1) is 0 Å². The van der Waals surface area contributed by atoms with Crippen molar-refractivity contribution in [2.75, 3.05) is 0 Å². The molecule has 0 atom stereocenters. The number of carbonyl (C=O) groups excluding carboxylic acids is 1. The zero-order valence-electron chi connectivity index (χ0n) is 11.9. The van der Waals surface area contributed by atoms with Crippen molar-refractivity contribution in [2.45, 2.75) is 26.6 Å². The van der Waals surface area contributed by atoms with Crippen LogP contribution in [-0.2, 0) is 12.7 Å². The molecule has 0 saturated heterocycles. The Morgan fingerprint density at radius 2 is 2.00 bits per heavy atom. The highest BCUT2D eigenvalue weighted by molar-refractivity contribution is 5.95. The van der Waals surface area contributed by atoms with Gasteiger partial charge in [0, 0.05) is 18.1 Å². The molecule has 22 heavy (non-hydrogen) atoms. The van der Waals surface area contributed by atoms with Crippen LogP contribution in [-0.4, -0.2) is 20.9 Å². The van der Waals surface area contributed by atoms with E-state index in [1.54, 1.807) is 19.9 Å². The van der Waals surface area contributed by atoms with Crippen LogP contribution >= 0.6 is 0 Å². The molecular weight excluding hydrogens is 297 g/mol. The predicted octanol–water partition coefficient (Wildman–Crippen LogP) is 2.44. The number of aromatic nitrogens is 3. The average molecular weight is 310 g/mol. The fourth-order valence-electron chi connectivity index (χ4n) is 1.97. The zero-order chi connectivity index (χ0) is 16.3. The fraction of sp³-hybridized carbons (Fsp3) is 0.286. The van der Waals surface area contributed by atoms with E-state index in [0.717, 1.165) is 18.5 Å². The van der Waals surface area contributed by atoms with Gasteiger partial charge in [-0.3, -0.25) is 9.78 Å². The number of nitrogens with zero attached hydrogens (tertiary/aromatic N) is 3. The summed E-state index contributed by atoms with van der Waals surface area (Å²) in [7, 11) is 0. The molecule has 0 aromatic carbocycles. The van der Waals surface area contributed by atoms with Gasteiger partial charge in [-0.1, -0.05) is 0 Å². The molecule has 2 heterocycles. The van der Waals surface area contributed by atoms with Crippen LogP contribution in [0.4, 0.5) is 13.2 Å². The lowest BCUT2D eigenvalue weighted by atomic mass is 10.1. The minimum atomic E-state index is -4.61. The second-order valence-electron chi connectivity index (χ2n) is 4.65. The first kappa shape index (κ1) is 15.9. The standard InChI is InChI=1S/C14H13F3N4O/c1-8-5-10(21-9(2)20-8)6-19-13(22)11-7-18-4-3-12(11)14(15,16)17/h3-5,7H,6H2,1-2H3,(H,19,22). The van der Waals surface area contributed by atoms with Gasteiger partial charge >= 0.3 is 6.18 Å². The number of aryl methyl sites for hydroxylation is 2. The van der Waals surface area contributed by atoms with E-state index in [9.17, 15) is 18.0 Å². The van der Waals surface area contributed by atoms with E-state index in [2.05, 4.69) is 20.3 Å². The maximum Gasteiger partial charge on any atom is 0.417 e. The first-order valence-corrected chi connectivity index (χ1v) is 6.38. The number of hydrogen-bond acceptors (Lipinski definition) is 4. The molecule has 2 rings (SSSR count). The Labute approximate surface area is 124 Å². The molecule has 0 aliphatic carbocycles. The predicted molar refractivity (Wildman–Crippen MR) is 71.9 cm³/mol. The van der Waals surface area contributed by atoms with Crippen LogP contribution in [0.1, 0.15) is 33.1 Å². The summed E-state index contributed by atoms with van der Waals surface area (Å²) in [5.74, 6) is -0.323. The number of nitrogens with one attached hydrogen (secondary N) is 1. The molecule has 2 aromatic heterocycles. The first-order chi connectivity index (χ1) is 10.3. The Balaban J connectivity index is 2.17. The van der Waals surface area contributed by atoms with Crippen LogP contribution in [0.5, 0.6) is 0 Å². The molecule has 0 spiro atoms. The van der Waals surface area contributed by atoms with Crippen molar-refractivity contribution in [1.82, 2.24) is 20.3 Å². The summed E-state index contributed by atoms with van der Waals surface area (Å²) in [4.78, 5) is 23.7. The maximum atomic E-state index is 12.8. The van der Waals surface area contributed by atoms with Gasteiger partial charge in [0.1, 0.15) is 5.82 Å². The Morgan fingerprint density at radius 3 is 2.64 bits per heavy atom. The first-order valence-electron chi connectivity index (χ1n) is 6.38. The average Bonchev–Trinajstić information content (AvgIpc) is 2.43. The number of pyridine rings is 1. The second kappa shape index (κ2) is 6.08. The van der Waals surface area contributed by atoms with Crippen LogP contribution in [0.15, 0.2) is 24.5 Å². The molecule has 0 aliphatic rings. The summed E-state index contributed by atoms with van der Waals surface area (Å²) in [6.07, 6.45) is -2.72. The molecule has 116 valence electrons. The summed E-state index contributed by atoms with van der Waals surface area (Å²) in [5, 5.41) is 2.41. The fourth-order valence-corrected chi connectivity index (χ4v) is 1.97. The van der Waals surface area contributed by atoms with Crippen molar-refractivity contribution >= 4 is 5.91 Å². The topological polar surface area (TPSA) is 67.8 Å². The molecule has 1 amide bonds. The number of carbonyl (C=O) groups is 1. The van der Waals surface area contributed by atoms with Gasteiger partial charge < -0.3 is 5.32 Å². The van der Waals surface area contributed by atoms with Crippen LogP contribution in [0.3, 0.4) is 0 Å². The van der Waals surface area contributed by atoms with Gasteiger partial charge in [-0.05, 0) is 26.0 Å². The van der Waals surface area contributed by atoms with Crippen LogP contribution in [0.2, 0.25) is 0 Å². The van der Waals surface area contributed by atoms with E-state index in [1.165, 1.54) is 0 Å². The summed E-state index contributed by atoms with van der Waals surface area (Å²) in [6, 6.07) is 2.43. The minimum Gasteiger partial charge on any atom is -0.346 e. The van der Waals surface area contributed by atoms with Crippen LogP contribution in [0, 0.1) is 13.8 Å². The number of amides is 1. The molecule has 0 aliphatic heterocycles. The molecule has 0 bridgehead atoms. The smallest absolute Gasteiger partial charge is 0.346 e. The maximum absolute atomic E-state index is 12.8. The van der Waals surface area contributed by atoms with Crippen molar-refractivity contribution in [3.05, 3.63) is 52.9 Å². The van der Waals surface area contributed by atoms with E-state index in [-0.39, 0.29) is 6.54 Å². The van der Waals surface area contributed by atoms with Gasteiger partial charge in [0.05, 0.1) is 23.4 Å². The lowest BCUT2D eigenvalue weighted by Gasteiger charge is -2.12. The summed E-state index contributed by atoms with van der Waals surface area (Å²) in [6.45, 7) is 3.47. The van der Waals surface area contributed by atoms with Gasteiger partial charge in [-0.25, -0.2) is 9.97 Å². The molecule has 8 heteroatoms. The third kappa shape index (κ3) is 3.78. The van der Waals surface area contributed by atoms with Crippen molar-refractivity contribution in [3.63, 3.8) is 0 Å². The van der Waals surface area contributed by atoms with E-state index >= 15 is 0 Å². The highest BCUT2D eigenvalue weighted by Crippen LogP contribution is 2.31. The van der Waals surface area contributed by atoms with E-state index in [1.807, 2.05) is 0 Å². The lowest BCUT2D eigenvalue weighted by molar-refractivity contribution is -0.138. The molecule has 2 aromatic rings. The Kier molecular flexibility index (Phi) is 4.39. The number of rotatable bonds is 3. The van der Waals surface area contributed by atoms with Crippen molar-refractivity contribution in [1.29, 1.82) is 0 Å². The van der Waals surface area contributed by atoms with Crippen molar-refractivity contribution in [2.24, 2.45) is 0 Å². The van der Waals surface area contributed by atoms with Crippen LogP contribution in [0.25, 0.3) is 0 Å². The van der Waals surface area contributed by atoms with Gasteiger partial charge in [0.2, 0.25) is 0 Å². The molecule has 0 unspecified atom stereocenters.